The van der Waals surface area contributed by atoms with Crippen LogP contribution >= 0.6 is 11.3 Å². The molecule has 1 aromatic heterocycles. The monoisotopic (exact) mass is 607 g/mol. The molecule has 8 nitrogen and oxygen atoms in total. The summed E-state index contributed by atoms with van der Waals surface area (Å²) in [5.74, 6) is -0.616. The topological polar surface area (TPSA) is 107 Å². The summed E-state index contributed by atoms with van der Waals surface area (Å²) in [5, 5.41) is 11.6. The number of halogens is 4. The van der Waals surface area contributed by atoms with E-state index in [4.69, 9.17) is 0 Å². The van der Waals surface area contributed by atoms with Crippen LogP contribution in [-0.2, 0) is 25.6 Å². The van der Waals surface area contributed by atoms with Crippen molar-refractivity contribution in [2.75, 3.05) is 31.1 Å². The van der Waals surface area contributed by atoms with Gasteiger partial charge in [0.1, 0.15) is 10.0 Å². The van der Waals surface area contributed by atoms with E-state index in [2.05, 4.69) is 4.72 Å². The van der Waals surface area contributed by atoms with Gasteiger partial charge in [-0.15, -0.1) is 11.3 Å². The van der Waals surface area contributed by atoms with Crippen LogP contribution in [0, 0.1) is 5.82 Å². The van der Waals surface area contributed by atoms with Crippen molar-refractivity contribution in [1.82, 2.24) is 9.03 Å². The third-order valence-corrected chi connectivity index (χ3v) is 11.2. The largest absolute Gasteiger partial charge is 0.421 e. The molecule has 2 N–H and O–H groups in total. The lowest BCUT2D eigenvalue weighted by atomic mass is 9.95. The summed E-state index contributed by atoms with van der Waals surface area (Å²) in [5.41, 5.74) is -3.05. The van der Waals surface area contributed by atoms with E-state index in [1.165, 1.54) is 22.5 Å². The molecule has 0 amide bonds. The molecule has 39 heavy (non-hydrogen) atoms. The van der Waals surface area contributed by atoms with Crippen LogP contribution in [0.25, 0.3) is 0 Å². The van der Waals surface area contributed by atoms with Gasteiger partial charge in [0.05, 0.1) is 10.9 Å². The van der Waals surface area contributed by atoms with Gasteiger partial charge in [-0.3, -0.25) is 0 Å². The Morgan fingerprint density at radius 3 is 2.21 bits per heavy atom. The van der Waals surface area contributed by atoms with E-state index in [9.17, 15) is 39.5 Å². The lowest BCUT2D eigenvalue weighted by Crippen LogP contribution is -2.58. The highest BCUT2D eigenvalue weighted by Crippen LogP contribution is 2.39. The minimum absolute atomic E-state index is 0.0451. The van der Waals surface area contributed by atoms with Crippen LogP contribution in [0.15, 0.2) is 75.1 Å². The maximum absolute atomic E-state index is 13.3. The summed E-state index contributed by atoms with van der Waals surface area (Å²) < 4.78 is 109. The third-order valence-electron chi connectivity index (χ3n) is 6.48. The molecule has 0 bridgehead atoms. The lowest BCUT2D eigenvalue weighted by molar-refractivity contribution is -0.258. The highest BCUT2D eigenvalue weighted by atomic mass is 32.2. The fourth-order valence-corrected chi connectivity index (χ4v) is 7.83. The molecule has 0 radical (unpaired) electrons. The third kappa shape index (κ3) is 6.12. The predicted octanol–water partition coefficient (Wildman–Crippen LogP) is 3.52. The van der Waals surface area contributed by atoms with Crippen molar-refractivity contribution >= 4 is 37.1 Å². The molecule has 0 saturated carbocycles. The number of hydrogen-bond acceptors (Lipinski definition) is 7. The van der Waals surface area contributed by atoms with E-state index in [0.29, 0.717) is 12.6 Å². The van der Waals surface area contributed by atoms with E-state index < -0.39 is 43.7 Å². The Labute approximate surface area is 227 Å². The maximum atomic E-state index is 13.3. The summed E-state index contributed by atoms with van der Waals surface area (Å²) in [4.78, 5) is 1.51. The fourth-order valence-electron chi connectivity index (χ4n) is 4.14. The molecule has 2 atom stereocenters. The molecule has 212 valence electrons. The molecule has 3 aromatic rings. The van der Waals surface area contributed by atoms with Crippen molar-refractivity contribution in [3.63, 3.8) is 0 Å². The summed E-state index contributed by atoms with van der Waals surface area (Å²) in [6, 6.07) is 11.4. The first-order valence-electron chi connectivity index (χ1n) is 11.6. The molecule has 15 heteroatoms. The van der Waals surface area contributed by atoms with Crippen molar-refractivity contribution in [3.05, 3.63) is 77.4 Å². The minimum atomic E-state index is -4.91. The van der Waals surface area contributed by atoms with E-state index >= 15 is 0 Å². The van der Waals surface area contributed by atoms with Gasteiger partial charge in [-0.1, -0.05) is 18.2 Å². The van der Waals surface area contributed by atoms with Gasteiger partial charge in [-0.05, 0) is 60.3 Å². The first-order valence-corrected chi connectivity index (χ1v) is 15.4. The Morgan fingerprint density at radius 1 is 1.00 bits per heavy atom. The molecule has 1 saturated heterocycles. The number of sulfonamides is 2. The molecule has 1 fully saturated rings. The number of benzene rings is 2. The highest BCUT2D eigenvalue weighted by Gasteiger charge is 2.51. The van der Waals surface area contributed by atoms with Crippen LogP contribution in [0.2, 0.25) is 0 Å². The number of alkyl halides is 3. The standard InChI is InChI=1S/C24H25F4N3O5S3/c1-23(32,24(26,27)28)17-4-8-19(9-5-17)31-13-12-30(39(35,36)22-3-2-14-37-22)16-20(31)15-29-38(33,34)21-10-6-18(25)7-11-21/h2-11,14,20,29,32H,12-13,15-16H2,1H3. The van der Waals surface area contributed by atoms with Gasteiger partial charge in [-0.2, -0.15) is 17.5 Å². The smallest absolute Gasteiger partial charge is 0.376 e. The van der Waals surface area contributed by atoms with Crippen LogP contribution in [0.1, 0.15) is 12.5 Å². The molecule has 2 aromatic carbocycles. The van der Waals surface area contributed by atoms with E-state index in [1.807, 2.05) is 0 Å². The molecule has 2 unspecified atom stereocenters. The fraction of sp³-hybridized carbons (Fsp3) is 0.333. The Hall–Kier alpha value is -2.56. The molecule has 0 aliphatic carbocycles. The van der Waals surface area contributed by atoms with Crippen LogP contribution in [0.3, 0.4) is 0 Å². The van der Waals surface area contributed by atoms with Crippen molar-refractivity contribution in [2.24, 2.45) is 0 Å². The Morgan fingerprint density at radius 2 is 1.64 bits per heavy atom. The summed E-state index contributed by atoms with van der Waals surface area (Å²) in [6.45, 7) is 0.432. The molecule has 1 aliphatic rings. The number of nitrogens with one attached hydrogen (secondary N) is 1. The van der Waals surface area contributed by atoms with Gasteiger partial charge < -0.3 is 10.0 Å². The van der Waals surface area contributed by atoms with Gasteiger partial charge in [0.25, 0.3) is 10.0 Å². The van der Waals surface area contributed by atoms with E-state index in [1.54, 1.807) is 16.3 Å². The molecule has 1 aliphatic heterocycles. The van der Waals surface area contributed by atoms with Crippen molar-refractivity contribution in [3.8, 4) is 0 Å². The number of thiophene rings is 1. The Balaban J connectivity index is 1.61. The maximum Gasteiger partial charge on any atom is 0.421 e. The first-order chi connectivity index (χ1) is 18.1. The van der Waals surface area contributed by atoms with E-state index in [-0.39, 0.29) is 40.8 Å². The molecule has 0 spiro atoms. The van der Waals surface area contributed by atoms with Crippen LogP contribution in [0.5, 0.6) is 0 Å². The average Bonchev–Trinajstić information content (AvgIpc) is 3.43. The highest BCUT2D eigenvalue weighted by molar-refractivity contribution is 7.91. The average molecular weight is 608 g/mol. The van der Waals surface area contributed by atoms with Gasteiger partial charge >= 0.3 is 6.18 Å². The number of piperazine rings is 1. The van der Waals surface area contributed by atoms with Crippen molar-refractivity contribution in [1.29, 1.82) is 0 Å². The van der Waals surface area contributed by atoms with Gasteiger partial charge in [0.2, 0.25) is 10.0 Å². The Kier molecular flexibility index (Phi) is 8.13. The zero-order chi connectivity index (χ0) is 28.6. The lowest BCUT2D eigenvalue weighted by Gasteiger charge is -2.42. The van der Waals surface area contributed by atoms with Gasteiger partial charge in [-0.25, -0.2) is 25.9 Å². The Bertz CT molecular complexity index is 1490. The normalized spacial score (nSPS) is 19.1. The molecule has 2 heterocycles. The number of hydrogen-bond donors (Lipinski definition) is 2. The van der Waals surface area contributed by atoms with E-state index in [0.717, 1.165) is 47.7 Å². The minimum Gasteiger partial charge on any atom is -0.376 e. The second-order valence-corrected chi connectivity index (χ2v) is 13.9. The number of nitrogens with zero attached hydrogens (tertiary/aromatic N) is 2. The summed E-state index contributed by atoms with van der Waals surface area (Å²) in [7, 11) is -7.95. The van der Waals surface area contributed by atoms with Gasteiger partial charge in [0, 0.05) is 31.9 Å². The second kappa shape index (κ2) is 10.8. The predicted molar refractivity (Wildman–Crippen MR) is 138 cm³/mol. The van der Waals surface area contributed by atoms with Crippen molar-refractivity contribution in [2.45, 2.75) is 33.8 Å². The second-order valence-electron chi connectivity index (χ2n) is 9.07. The number of aliphatic hydroxyl groups is 1. The summed E-state index contributed by atoms with van der Waals surface area (Å²) >= 11 is 1.04. The molecule has 4 rings (SSSR count). The molecular weight excluding hydrogens is 582 g/mol. The zero-order valence-corrected chi connectivity index (χ0v) is 22.9. The summed E-state index contributed by atoms with van der Waals surface area (Å²) in [6.07, 6.45) is -4.91. The van der Waals surface area contributed by atoms with Crippen LogP contribution < -0.4 is 9.62 Å². The quantitative estimate of drug-likeness (QED) is 0.380. The van der Waals surface area contributed by atoms with Crippen molar-refractivity contribution < 1.29 is 39.5 Å². The SMILES string of the molecule is CC(O)(c1ccc(N2CCN(S(=O)(=O)c3cccs3)CC2CNS(=O)(=O)c2ccc(F)cc2)cc1)C(F)(F)F. The van der Waals surface area contributed by atoms with Gasteiger partial charge in [0.15, 0.2) is 5.60 Å². The van der Waals surface area contributed by atoms with Crippen LogP contribution in [-0.4, -0.2) is 64.6 Å². The molecular formula is C24H25F4N3O5S3. The zero-order valence-electron chi connectivity index (χ0n) is 20.5. The van der Waals surface area contributed by atoms with Crippen LogP contribution in [0.4, 0.5) is 23.2 Å². The number of rotatable bonds is 8. The number of anilines is 1. The first kappa shape index (κ1) is 29.4.